The van der Waals surface area contributed by atoms with Crippen molar-refractivity contribution in [2.75, 3.05) is 13.6 Å². The van der Waals surface area contributed by atoms with Crippen LogP contribution in [0.1, 0.15) is 54.8 Å². The average molecular weight is 367 g/mol. The number of pyridine rings is 1. The number of carbonyl (C=O) groups excluding carboxylic acids is 1. The molecule has 1 saturated carbocycles. The number of nitrogens with zero attached hydrogens (tertiary/aromatic N) is 2. The summed E-state index contributed by atoms with van der Waals surface area (Å²) in [6.07, 6.45) is 7.93. The molecule has 1 aromatic heterocycles. The third-order valence-corrected chi connectivity index (χ3v) is 5.51. The van der Waals surface area contributed by atoms with Crippen molar-refractivity contribution in [3.63, 3.8) is 0 Å². The van der Waals surface area contributed by atoms with E-state index in [1.54, 1.807) is 24.3 Å². The molecule has 27 heavy (non-hydrogen) atoms. The molecule has 1 fully saturated rings. The van der Waals surface area contributed by atoms with Gasteiger partial charge in [0, 0.05) is 26.0 Å². The highest BCUT2D eigenvalue weighted by atomic mass is 16.3. The topological polar surface area (TPSA) is 65.5 Å². The highest BCUT2D eigenvalue weighted by molar-refractivity contribution is 5.75. The second-order valence-corrected chi connectivity index (χ2v) is 7.68. The molecule has 5 nitrogen and oxygen atoms in total. The number of urea groups is 1. The predicted octanol–water partition coefficient (Wildman–Crippen LogP) is 3.82. The van der Waals surface area contributed by atoms with Gasteiger partial charge in [0.25, 0.3) is 0 Å². The average Bonchev–Trinajstić information content (AvgIpc) is 3.12. The van der Waals surface area contributed by atoms with E-state index in [-0.39, 0.29) is 12.1 Å². The molecule has 0 radical (unpaired) electrons. The van der Waals surface area contributed by atoms with Gasteiger partial charge >= 0.3 is 6.03 Å². The zero-order valence-corrected chi connectivity index (χ0v) is 16.2. The first kappa shape index (κ1) is 19.4. The van der Waals surface area contributed by atoms with Crippen molar-refractivity contribution in [1.29, 1.82) is 0 Å². The summed E-state index contributed by atoms with van der Waals surface area (Å²) >= 11 is 0. The molecule has 2 N–H and O–H groups in total. The second kappa shape index (κ2) is 8.53. The Labute approximate surface area is 161 Å². The quantitative estimate of drug-likeness (QED) is 0.816. The summed E-state index contributed by atoms with van der Waals surface area (Å²) in [6, 6.07) is 11.7. The lowest BCUT2D eigenvalue weighted by Crippen LogP contribution is -2.42. The standard InChI is InChI=1S/C22H29N3O2/c1-17-5-7-18(8-6-17)20(19-9-14-23-15-10-19)24-21(26)25(2)16-13-22(27)11-3-4-12-22/h5-10,14-15,20,27H,3-4,11-13,16H2,1-2H3,(H,24,26). The van der Waals surface area contributed by atoms with Crippen LogP contribution in [-0.4, -0.2) is 40.2 Å². The van der Waals surface area contributed by atoms with E-state index in [1.165, 1.54) is 5.56 Å². The molecule has 0 spiro atoms. The molecule has 3 rings (SSSR count). The highest BCUT2D eigenvalue weighted by Crippen LogP contribution is 2.32. The Bertz CT molecular complexity index is 740. The van der Waals surface area contributed by atoms with Crippen LogP contribution in [-0.2, 0) is 0 Å². The van der Waals surface area contributed by atoms with Crippen LogP contribution in [0.5, 0.6) is 0 Å². The van der Waals surface area contributed by atoms with Gasteiger partial charge in [-0.3, -0.25) is 4.98 Å². The third kappa shape index (κ3) is 5.07. The van der Waals surface area contributed by atoms with Crippen LogP contribution in [0.15, 0.2) is 48.8 Å². The van der Waals surface area contributed by atoms with Gasteiger partial charge in [-0.2, -0.15) is 0 Å². The van der Waals surface area contributed by atoms with Crippen molar-refractivity contribution in [3.05, 3.63) is 65.5 Å². The van der Waals surface area contributed by atoms with Gasteiger partial charge in [-0.15, -0.1) is 0 Å². The Balaban J connectivity index is 1.69. The molecular formula is C22H29N3O2. The van der Waals surface area contributed by atoms with Crippen molar-refractivity contribution < 1.29 is 9.90 Å². The summed E-state index contributed by atoms with van der Waals surface area (Å²) < 4.78 is 0. The Morgan fingerprint density at radius 2 is 1.74 bits per heavy atom. The van der Waals surface area contributed by atoms with Crippen molar-refractivity contribution >= 4 is 6.03 Å². The smallest absolute Gasteiger partial charge is 0.317 e. The molecule has 1 atom stereocenters. The molecule has 1 unspecified atom stereocenters. The lowest BCUT2D eigenvalue weighted by molar-refractivity contribution is 0.0330. The first-order chi connectivity index (χ1) is 13.0. The van der Waals surface area contributed by atoms with Gasteiger partial charge in [-0.05, 0) is 49.4 Å². The van der Waals surface area contributed by atoms with Crippen LogP contribution in [0.4, 0.5) is 4.79 Å². The Hall–Kier alpha value is -2.40. The number of carbonyl (C=O) groups is 1. The summed E-state index contributed by atoms with van der Waals surface area (Å²) in [5.41, 5.74) is 2.60. The van der Waals surface area contributed by atoms with E-state index in [0.717, 1.165) is 36.8 Å². The molecule has 1 aromatic carbocycles. The Morgan fingerprint density at radius 3 is 2.37 bits per heavy atom. The number of aliphatic hydroxyl groups is 1. The maximum atomic E-state index is 12.8. The van der Waals surface area contributed by atoms with E-state index in [1.807, 2.05) is 31.2 Å². The summed E-state index contributed by atoms with van der Waals surface area (Å²) in [6.45, 7) is 2.59. The van der Waals surface area contributed by atoms with Crippen molar-refractivity contribution in [1.82, 2.24) is 15.2 Å². The maximum absolute atomic E-state index is 12.8. The van der Waals surface area contributed by atoms with Gasteiger partial charge in [-0.1, -0.05) is 42.7 Å². The van der Waals surface area contributed by atoms with E-state index < -0.39 is 5.60 Å². The maximum Gasteiger partial charge on any atom is 0.317 e. The normalized spacial score (nSPS) is 16.7. The van der Waals surface area contributed by atoms with Gasteiger partial charge in [0.15, 0.2) is 0 Å². The number of rotatable bonds is 6. The molecule has 1 aliphatic rings. The summed E-state index contributed by atoms with van der Waals surface area (Å²) in [5.74, 6) is 0. The van der Waals surface area contributed by atoms with E-state index in [9.17, 15) is 9.90 Å². The van der Waals surface area contributed by atoms with E-state index >= 15 is 0 Å². The molecular weight excluding hydrogens is 338 g/mol. The summed E-state index contributed by atoms with van der Waals surface area (Å²) in [4.78, 5) is 18.5. The van der Waals surface area contributed by atoms with Gasteiger partial charge in [0.05, 0.1) is 11.6 Å². The minimum atomic E-state index is -0.601. The van der Waals surface area contributed by atoms with Crippen LogP contribution in [0.25, 0.3) is 0 Å². The number of hydrogen-bond acceptors (Lipinski definition) is 3. The SMILES string of the molecule is Cc1ccc(C(NC(=O)N(C)CCC2(O)CCCC2)c2ccncc2)cc1. The molecule has 1 aliphatic carbocycles. The van der Waals surface area contributed by atoms with E-state index in [2.05, 4.69) is 22.4 Å². The van der Waals surface area contributed by atoms with Gasteiger partial charge in [0.1, 0.15) is 0 Å². The van der Waals surface area contributed by atoms with Crippen LogP contribution >= 0.6 is 0 Å². The first-order valence-corrected chi connectivity index (χ1v) is 9.67. The number of benzene rings is 1. The van der Waals surface area contributed by atoms with Crippen LogP contribution < -0.4 is 5.32 Å². The van der Waals surface area contributed by atoms with Gasteiger partial charge in [-0.25, -0.2) is 4.79 Å². The second-order valence-electron chi connectivity index (χ2n) is 7.68. The number of nitrogens with one attached hydrogen (secondary N) is 1. The fraction of sp³-hybridized carbons (Fsp3) is 0.455. The largest absolute Gasteiger partial charge is 0.390 e. The van der Waals surface area contributed by atoms with Crippen molar-refractivity contribution in [2.45, 2.75) is 50.7 Å². The number of hydrogen-bond donors (Lipinski definition) is 2. The van der Waals surface area contributed by atoms with E-state index in [4.69, 9.17) is 0 Å². The molecule has 2 amide bonds. The fourth-order valence-electron chi connectivity index (χ4n) is 3.67. The van der Waals surface area contributed by atoms with Crippen molar-refractivity contribution in [3.8, 4) is 0 Å². The monoisotopic (exact) mass is 367 g/mol. The Kier molecular flexibility index (Phi) is 6.11. The molecule has 0 saturated heterocycles. The van der Waals surface area contributed by atoms with Crippen LogP contribution in [0.2, 0.25) is 0 Å². The first-order valence-electron chi connectivity index (χ1n) is 9.67. The molecule has 1 heterocycles. The third-order valence-electron chi connectivity index (χ3n) is 5.51. The van der Waals surface area contributed by atoms with Crippen LogP contribution in [0.3, 0.4) is 0 Å². The molecule has 0 bridgehead atoms. The predicted molar refractivity (Wildman–Crippen MR) is 106 cm³/mol. The minimum Gasteiger partial charge on any atom is -0.390 e. The molecule has 0 aliphatic heterocycles. The van der Waals surface area contributed by atoms with E-state index in [0.29, 0.717) is 13.0 Å². The minimum absolute atomic E-state index is 0.140. The molecule has 5 heteroatoms. The fourth-order valence-corrected chi connectivity index (χ4v) is 3.67. The zero-order valence-electron chi connectivity index (χ0n) is 16.2. The molecule has 2 aromatic rings. The number of aromatic nitrogens is 1. The summed E-state index contributed by atoms with van der Waals surface area (Å²) in [7, 11) is 1.78. The Morgan fingerprint density at radius 1 is 1.15 bits per heavy atom. The molecule has 144 valence electrons. The summed E-state index contributed by atoms with van der Waals surface area (Å²) in [5, 5.41) is 13.7. The van der Waals surface area contributed by atoms with Crippen molar-refractivity contribution in [2.24, 2.45) is 0 Å². The number of amides is 2. The lowest BCUT2D eigenvalue weighted by atomic mass is 9.98. The highest BCUT2D eigenvalue weighted by Gasteiger charge is 2.31. The zero-order chi connectivity index (χ0) is 19.3. The van der Waals surface area contributed by atoms with Gasteiger partial charge < -0.3 is 15.3 Å². The van der Waals surface area contributed by atoms with Crippen LogP contribution in [0, 0.1) is 6.92 Å². The lowest BCUT2D eigenvalue weighted by Gasteiger charge is -2.28. The van der Waals surface area contributed by atoms with Gasteiger partial charge in [0.2, 0.25) is 0 Å². The number of aryl methyl sites for hydroxylation is 1.